The van der Waals surface area contributed by atoms with Gasteiger partial charge in [-0.2, -0.15) is 13.5 Å². The van der Waals surface area contributed by atoms with Crippen LogP contribution in [0.25, 0.3) is 0 Å². The Labute approximate surface area is 135 Å². The SMILES string of the molecule is C/C(CSc1ccccc1)=N\NS(=O)(=O)c1ccc(C)cc1. The largest absolute Gasteiger partial charge is 0.276 e. The quantitative estimate of drug-likeness (QED) is 0.500. The van der Waals surface area contributed by atoms with Crippen molar-refractivity contribution in [3.63, 3.8) is 0 Å². The summed E-state index contributed by atoms with van der Waals surface area (Å²) < 4.78 is 24.2. The third kappa shape index (κ3) is 4.89. The minimum Gasteiger partial charge on any atom is -0.200 e. The topological polar surface area (TPSA) is 58.5 Å². The predicted octanol–water partition coefficient (Wildman–Crippen LogP) is 3.44. The van der Waals surface area contributed by atoms with Crippen molar-refractivity contribution in [1.29, 1.82) is 0 Å². The minimum atomic E-state index is -3.60. The third-order valence-electron chi connectivity index (χ3n) is 2.88. The van der Waals surface area contributed by atoms with Gasteiger partial charge in [-0.3, -0.25) is 0 Å². The molecule has 4 nitrogen and oxygen atoms in total. The zero-order valence-electron chi connectivity index (χ0n) is 12.5. The standard InChI is InChI=1S/C16H18N2O2S2/c1-13-8-10-16(11-9-13)22(19,20)18-17-14(2)12-21-15-6-4-3-5-7-15/h3-11,18H,12H2,1-2H3/b17-14+. The van der Waals surface area contributed by atoms with E-state index in [-0.39, 0.29) is 4.90 Å². The second kappa shape index (κ2) is 7.47. The number of hydrogen-bond donors (Lipinski definition) is 1. The first-order valence-corrected chi connectivity index (χ1v) is 9.24. The van der Waals surface area contributed by atoms with Gasteiger partial charge in [0.1, 0.15) is 0 Å². The number of aryl methyl sites for hydroxylation is 1. The van der Waals surface area contributed by atoms with Crippen LogP contribution in [-0.2, 0) is 10.0 Å². The molecule has 2 aromatic rings. The van der Waals surface area contributed by atoms with Gasteiger partial charge in [-0.1, -0.05) is 35.9 Å². The Balaban J connectivity index is 1.96. The van der Waals surface area contributed by atoms with Gasteiger partial charge < -0.3 is 0 Å². The average Bonchev–Trinajstić information content (AvgIpc) is 2.52. The number of thioether (sulfide) groups is 1. The fourth-order valence-corrected chi connectivity index (χ4v) is 3.31. The van der Waals surface area contributed by atoms with Crippen LogP contribution in [0.3, 0.4) is 0 Å². The van der Waals surface area contributed by atoms with Crippen LogP contribution < -0.4 is 4.83 Å². The molecule has 2 aromatic carbocycles. The summed E-state index contributed by atoms with van der Waals surface area (Å²) in [6, 6.07) is 16.6. The van der Waals surface area contributed by atoms with Crippen LogP contribution in [0.4, 0.5) is 0 Å². The summed E-state index contributed by atoms with van der Waals surface area (Å²) in [5.74, 6) is 0.625. The second-order valence-corrected chi connectivity index (χ2v) is 7.57. The Morgan fingerprint density at radius 3 is 2.36 bits per heavy atom. The molecule has 0 aliphatic heterocycles. The average molecular weight is 334 g/mol. The Morgan fingerprint density at radius 2 is 1.73 bits per heavy atom. The van der Waals surface area contributed by atoms with E-state index in [0.29, 0.717) is 11.5 Å². The number of hydrazone groups is 1. The molecular formula is C16H18N2O2S2. The van der Waals surface area contributed by atoms with Crippen LogP contribution in [0, 0.1) is 6.92 Å². The lowest BCUT2D eigenvalue weighted by molar-refractivity contribution is 0.584. The number of nitrogens with one attached hydrogen (secondary N) is 1. The maximum atomic E-state index is 12.1. The van der Waals surface area contributed by atoms with Crippen LogP contribution in [0.1, 0.15) is 12.5 Å². The summed E-state index contributed by atoms with van der Waals surface area (Å²) in [7, 11) is -3.60. The number of rotatable bonds is 6. The van der Waals surface area contributed by atoms with Crippen molar-refractivity contribution >= 4 is 27.5 Å². The first kappa shape index (κ1) is 16.6. The van der Waals surface area contributed by atoms with Crippen LogP contribution in [-0.4, -0.2) is 19.9 Å². The molecule has 0 spiro atoms. The molecule has 0 aliphatic carbocycles. The first-order chi connectivity index (χ1) is 10.5. The number of sulfonamides is 1. The zero-order valence-corrected chi connectivity index (χ0v) is 14.1. The van der Waals surface area contributed by atoms with E-state index in [0.717, 1.165) is 10.5 Å². The van der Waals surface area contributed by atoms with Crippen LogP contribution in [0.15, 0.2) is 69.5 Å². The molecule has 6 heteroatoms. The van der Waals surface area contributed by atoms with Crippen molar-refractivity contribution < 1.29 is 8.42 Å². The molecule has 0 aliphatic rings. The zero-order chi connectivity index (χ0) is 16.0. The van der Waals surface area contributed by atoms with Crippen molar-refractivity contribution in [2.24, 2.45) is 5.10 Å². The van der Waals surface area contributed by atoms with E-state index in [2.05, 4.69) is 9.93 Å². The molecule has 0 fully saturated rings. The van der Waals surface area contributed by atoms with Gasteiger partial charge in [0.2, 0.25) is 0 Å². The van der Waals surface area contributed by atoms with Crippen LogP contribution >= 0.6 is 11.8 Å². The Morgan fingerprint density at radius 1 is 1.09 bits per heavy atom. The third-order valence-corrected chi connectivity index (χ3v) is 5.27. The van der Waals surface area contributed by atoms with E-state index in [1.165, 1.54) is 0 Å². The summed E-state index contributed by atoms with van der Waals surface area (Å²) in [5, 5.41) is 3.97. The maximum Gasteiger partial charge on any atom is 0.276 e. The lowest BCUT2D eigenvalue weighted by atomic mass is 10.2. The van der Waals surface area contributed by atoms with E-state index in [4.69, 9.17) is 0 Å². The molecule has 0 heterocycles. The summed E-state index contributed by atoms with van der Waals surface area (Å²) in [6.45, 7) is 3.71. The van der Waals surface area contributed by atoms with E-state index in [1.807, 2.05) is 37.3 Å². The highest BCUT2D eigenvalue weighted by atomic mass is 32.2. The Hall–Kier alpha value is -1.79. The summed E-state index contributed by atoms with van der Waals surface area (Å²) in [4.78, 5) is 3.61. The van der Waals surface area contributed by atoms with Crippen LogP contribution in [0.5, 0.6) is 0 Å². The van der Waals surface area contributed by atoms with Gasteiger partial charge in [-0.25, -0.2) is 4.83 Å². The fraction of sp³-hybridized carbons (Fsp3) is 0.188. The highest BCUT2D eigenvalue weighted by Gasteiger charge is 2.12. The van der Waals surface area contributed by atoms with Gasteiger partial charge in [0.05, 0.1) is 4.90 Å². The number of benzene rings is 2. The molecule has 0 unspecified atom stereocenters. The van der Waals surface area contributed by atoms with E-state index in [1.54, 1.807) is 43.0 Å². The highest BCUT2D eigenvalue weighted by Crippen LogP contribution is 2.17. The lowest BCUT2D eigenvalue weighted by Gasteiger charge is -2.05. The monoisotopic (exact) mass is 334 g/mol. The van der Waals surface area contributed by atoms with Gasteiger partial charge >= 0.3 is 0 Å². The van der Waals surface area contributed by atoms with Gasteiger partial charge in [0.15, 0.2) is 0 Å². The van der Waals surface area contributed by atoms with Gasteiger partial charge in [-0.15, -0.1) is 11.8 Å². The molecule has 0 saturated heterocycles. The highest BCUT2D eigenvalue weighted by molar-refractivity contribution is 8.00. The molecule has 22 heavy (non-hydrogen) atoms. The van der Waals surface area contributed by atoms with Gasteiger partial charge in [0.25, 0.3) is 10.0 Å². The van der Waals surface area contributed by atoms with E-state index in [9.17, 15) is 8.42 Å². The second-order valence-electron chi connectivity index (χ2n) is 4.86. The van der Waals surface area contributed by atoms with Crippen molar-refractivity contribution in [3.8, 4) is 0 Å². The minimum absolute atomic E-state index is 0.213. The van der Waals surface area contributed by atoms with Gasteiger partial charge in [0, 0.05) is 16.4 Å². The van der Waals surface area contributed by atoms with Crippen molar-refractivity contribution in [1.82, 2.24) is 4.83 Å². The molecule has 0 amide bonds. The molecule has 0 bridgehead atoms. The van der Waals surface area contributed by atoms with Crippen molar-refractivity contribution in [2.75, 3.05) is 5.75 Å². The smallest absolute Gasteiger partial charge is 0.200 e. The Kier molecular flexibility index (Phi) is 5.63. The molecule has 0 aromatic heterocycles. The summed E-state index contributed by atoms with van der Waals surface area (Å²) in [5.41, 5.74) is 1.72. The molecular weight excluding hydrogens is 316 g/mol. The molecule has 0 atom stereocenters. The summed E-state index contributed by atoms with van der Waals surface area (Å²) in [6.07, 6.45) is 0. The Bertz CT molecular complexity index is 739. The van der Waals surface area contributed by atoms with E-state index >= 15 is 0 Å². The molecule has 0 radical (unpaired) electrons. The molecule has 0 saturated carbocycles. The summed E-state index contributed by atoms with van der Waals surface area (Å²) >= 11 is 1.61. The maximum absolute atomic E-state index is 12.1. The fourth-order valence-electron chi connectivity index (χ4n) is 1.64. The normalized spacial score (nSPS) is 12.2. The lowest BCUT2D eigenvalue weighted by Crippen LogP contribution is -2.20. The first-order valence-electron chi connectivity index (χ1n) is 6.77. The predicted molar refractivity (Wildman–Crippen MR) is 91.8 cm³/mol. The van der Waals surface area contributed by atoms with Crippen molar-refractivity contribution in [2.45, 2.75) is 23.6 Å². The van der Waals surface area contributed by atoms with Crippen molar-refractivity contribution in [3.05, 3.63) is 60.2 Å². The molecule has 116 valence electrons. The molecule has 2 rings (SSSR count). The number of nitrogens with zero attached hydrogens (tertiary/aromatic N) is 1. The number of hydrogen-bond acceptors (Lipinski definition) is 4. The van der Waals surface area contributed by atoms with Gasteiger partial charge in [-0.05, 0) is 38.1 Å². The van der Waals surface area contributed by atoms with E-state index < -0.39 is 10.0 Å². The molecule has 1 N–H and O–H groups in total. The van der Waals surface area contributed by atoms with Crippen LogP contribution in [0.2, 0.25) is 0 Å².